The van der Waals surface area contributed by atoms with Crippen molar-refractivity contribution in [3.8, 4) is 0 Å². The Kier molecular flexibility index (Phi) is 3.49. The molecule has 1 rings (SSSR count). The van der Waals surface area contributed by atoms with Gasteiger partial charge in [-0.3, -0.25) is 0 Å². The van der Waals surface area contributed by atoms with Gasteiger partial charge in [-0.15, -0.1) is 0 Å². The molecule has 1 aromatic carbocycles. The molecule has 70 valence electrons. The maximum atomic E-state index is 10.8. The van der Waals surface area contributed by atoms with Crippen molar-refractivity contribution in [3.05, 3.63) is 34.3 Å². The van der Waals surface area contributed by atoms with Crippen molar-refractivity contribution in [2.75, 3.05) is 0 Å². The minimum Gasteiger partial charge on any atom is -0.300 e. The van der Waals surface area contributed by atoms with Gasteiger partial charge in [0, 0.05) is 11.4 Å². The average Bonchev–Trinajstić information content (AvgIpc) is 2.06. The van der Waals surface area contributed by atoms with Crippen molar-refractivity contribution in [2.45, 2.75) is 26.7 Å². The van der Waals surface area contributed by atoms with E-state index in [9.17, 15) is 4.79 Å². The number of ketones is 1. The van der Waals surface area contributed by atoms with Gasteiger partial charge in [0.1, 0.15) is 5.78 Å². The lowest BCUT2D eigenvalue weighted by Gasteiger charge is -2.03. The van der Waals surface area contributed by atoms with E-state index in [1.54, 1.807) is 6.92 Å². The Bertz CT molecular complexity index is 318. The maximum Gasteiger partial charge on any atom is 0.130 e. The molecule has 0 bridgehead atoms. The smallest absolute Gasteiger partial charge is 0.130 e. The molecule has 0 spiro atoms. The fourth-order valence-corrected chi connectivity index (χ4v) is 1.42. The van der Waals surface area contributed by atoms with Crippen LogP contribution in [0, 0.1) is 6.92 Å². The molecular weight excluding hydrogens is 184 g/mol. The van der Waals surface area contributed by atoms with E-state index in [2.05, 4.69) is 0 Å². The van der Waals surface area contributed by atoms with Gasteiger partial charge in [-0.25, -0.2) is 0 Å². The highest BCUT2D eigenvalue weighted by atomic mass is 35.5. The summed E-state index contributed by atoms with van der Waals surface area (Å²) < 4.78 is 0. The maximum absolute atomic E-state index is 10.8. The van der Waals surface area contributed by atoms with Crippen LogP contribution in [0.4, 0.5) is 0 Å². The predicted octanol–water partition coefficient (Wildman–Crippen LogP) is 3.17. The number of hydrogen-bond donors (Lipinski definition) is 0. The van der Waals surface area contributed by atoms with Crippen LogP contribution in [0.3, 0.4) is 0 Å². The van der Waals surface area contributed by atoms with Crippen LogP contribution in [0.25, 0.3) is 0 Å². The minimum atomic E-state index is 0.206. The second-order valence-electron chi connectivity index (χ2n) is 3.30. The first kappa shape index (κ1) is 10.3. The average molecular weight is 197 g/mol. The van der Waals surface area contributed by atoms with E-state index >= 15 is 0 Å². The van der Waals surface area contributed by atoms with Crippen LogP contribution in [0.2, 0.25) is 5.02 Å². The standard InChI is InChI=1S/C11H13ClO/c1-8-3-6-11(12)10(7-8)5-4-9(2)13/h3,6-7H,4-5H2,1-2H3. The van der Waals surface area contributed by atoms with E-state index < -0.39 is 0 Å². The molecule has 0 N–H and O–H groups in total. The second kappa shape index (κ2) is 4.43. The number of carbonyl (C=O) groups excluding carboxylic acids is 1. The van der Waals surface area contributed by atoms with Crippen molar-refractivity contribution in [1.82, 2.24) is 0 Å². The third kappa shape index (κ3) is 3.19. The third-order valence-corrected chi connectivity index (χ3v) is 2.32. The Morgan fingerprint density at radius 3 is 2.77 bits per heavy atom. The van der Waals surface area contributed by atoms with Gasteiger partial charge in [0.25, 0.3) is 0 Å². The number of Topliss-reactive ketones (excluding diaryl/α,β-unsaturated/α-hetero) is 1. The molecule has 2 heteroatoms. The molecule has 0 aliphatic carbocycles. The summed E-state index contributed by atoms with van der Waals surface area (Å²) in [5, 5.41) is 0.756. The molecule has 0 unspecified atom stereocenters. The summed E-state index contributed by atoms with van der Waals surface area (Å²) in [6.07, 6.45) is 1.32. The highest BCUT2D eigenvalue weighted by molar-refractivity contribution is 6.31. The Morgan fingerprint density at radius 1 is 1.46 bits per heavy atom. The zero-order chi connectivity index (χ0) is 9.84. The van der Waals surface area contributed by atoms with Crippen LogP contribution in [-0.4, -0.2) is 5.78 Å². The van der Waals surface area contributed by atoms with Gasteiger partial charge < -0.3 is 4.79 Å². The van der Waals surface area contributed by atoms with Gasteiger partial charge in [0.05, 0.1) is 0 Å². The summed E-state index contributed by atoms with van der Waals surface area (Å²) in [7, 11) is 0. The second-order valence-corrected chi connectivity index (χ2v) is 3.70. The number of hydrogen-bond acceptors (Lipinski definition) is 1. The lowest BCUT2D eigenvalue weighted by atomic mass is 10.1. The van der Waals surface area contributed by atoms with Crippen molar-refractivity contribution in [1.29, 1.82) is 0 Å². The molecule has 0 amide bonds. The van der Waals surface area contributed by atoms with Crippen LogP contribution in [0.1, 0.15) is 24.5 Å². The molecular formula is C11H13ClO. The molecule has 1 nitrogen and oxygen atoms in total. The summed E-state index contributed by atoms with van der Waals surface area (Å²) in [6.45, 7) is 3.62. The van der Waals surface area contributed by atoms with Crippen LogP contribution < -0.4 is 0 Å². The number of carbonyl (C=O) groups is 1. The van der Waals surface area contributed by atoms with E-state index in [0.29, 0.717) is 6.42 Å². The van der Waals surface area contributed by atoms with Crippen molar-refractivity contribution in [2.24, 2.45) is 0 Å². The molecule has 0 saturated heterocycles. The van der Waals surface area contributed by atoms with Crippen molar-refractivity contribution >= 4 is 17.4 Å². The van der Waals surface area contributed by atoms with Crippen LogP contribution in [0.15, 0.2) is 18.2 Å². The predicted molar refractivity (Wildman–Crippen MR) is 55.2 cm³/mol. The lowest BCUT2D eigenvalue weighted by Crippen LogP contribution is -1.95. The fraction of sp³-hybridized carbons (Fsp3) is 0.364. The highest BCUT2D eigenvalue weighted by Gasteiger charge is 2.01. The normalized spacial score (nSPS) is 10.1. The molecule has 0 heterocycles. The zero-order valence-electron chi connectivity index (χ0n) is 7.93. The molecule has 0 atom stereocenters. The molecule has 0 aliphatic rings. The van der Waals surface area contributed by atoms with E-state index in [1.807, 2.05) is 25.1 Å². The minimum absolute atomic E-state index is 0.206. The van der Waals surface area contributed by atoms with Gasteiger partial charge in [-0.2, -0.15) is 0 Å². The first-order valence-corrected chi connectivity index (χ1v) is 4.72. The Labute approximate surface area is 83.7 Å². The van der Waals surface area contributed by atoms with Crippen LogP contribution in [0.5, 0.6) is 0 Å². The molecule has 1 aromatic rings. The van der Waals surface area contributed by atoms with Crippen molar-refractivity contribution in [3.63, 3.8) is 0 Å². The van der Waals surface area contributed by atoms with Gasteiger partial charge >= 0.3 is 0 Å². The summed E-state index contributed by atoms with van der Waals surface area (Å²) in [4.78, 5) is 10.8. The van der Waals surface area contributed by atoms with Crippen LogP contribution in [-0.2, 0) is 11.2 Å². The van der Waals surface area contributed by atoms with E-state index in [4.69, 9.17) is 11.6 Å². The lowest BCUT2D eigenvalue weighted by molar-refractivity contribution is -0.116. The van der Waals surface area contributed by atoms with E-state index in [-0.39, 0.29) is 5.78 Å². The Balaban J connectivity index is 2.75. The zero-order valence-corrected chi connectivity index (χ0v) is 8.69. The van der Waals surface area contributed by atoms with Gasteiger partial charge in [-0.05, 0) is 31.9 Å². The molecule has 0 fully saturated rings. The SMILES string of the molecule is CC(=O)CCc1cc(C)ccc1Cl. The number of halogens is 1. The van der Waals surface area contributed by atoms with E-state index in [0.717, 1.165) is 17.0 Å². The molecule has 0 radical (unpaired) electrons. The summed E-state index contributed by atoms with van der Waals surface area (Å²) in [5.41, 5.74) is 2.25. The Hall–Kier alpha value is -0.820. The largest absolute Gasteiger partial charge is 0.300 e. The van der Waals surface area contributed by atoms with Gasteiger partial charge in [0.2, 0.25) is 0 Å². The monoisotopic (exact) mass is 196 g/mol. The van der Waals surface area contributed by atoms with Crippen LogP contribution >= 0.6 is 11.6 Å². The topological polar surface area (TPSA) is 17.1 Å². The third-order valence-electron chi connectivity index (χ3n) is 1.95. The van der Waals surface area contributed by atoms with Gasteiger partial charge in [-0.1, -0.05) is 29.3 Å². The van der Waals surface area contributed by atoms with Gasteiger partial charge in [0.15, 0.2) is 0 Å². The fourth-order valence-electron chi connectivity index (χ4n) is 1.21. The highest BCUT2D eigenvalue weighted by Crippen LogP contribution is 2.18. The first-order chi connectivity index (χ1) is 6.09. The molecule has 0 aromatic heterocycles. The number of benzene rings is 1. The Morgan fingerprint density at radius 2 is 2.15 bits per heavy atom. The van der Waals surface area contributed by atoms with E-state index in [1.165, 1.54) is 5.56 Å². The molecule has 13 heavy (non-hydrogen) atoms. The number of aryl methyl sites for hydroxylation is 2. The molecule has 0 saturated carbocycles. The summed E-state index contributed by atoms with van der Waals surface area (Å²) in [6, 6.07) is 5.89. The first-order valence-electron chi connectivity index (χ1n) is 4.34. The van der Waals surface area contributed by atoms with Crippen molar-refractivity contribution < 1.29 is 4.79 Å². The summed E-state index contributed by atoms with van der Waals surface area (Å²) >= 11 is 5.97. The summed E-state index contributed by atoms with van der Waals surface area (Å²) in [5.74, 6) is 0.206. The number of rotatable bonds is 3. The quantitative estimate of drug-likeness (QED) is 0.726. The molecule has 0 aliphatic heterocycles.